The fourth-order valence-electron chi connectivity index (χ4n) is 3.30. The molecule has 0 spiro atoms. The van der Waals surface area contributed by atoms with E-state index < -0.39 is 0 Å². The summed E-state index contributed by atoms with van der Waals surface area (Å²) in [7, 11) is 0. The summed E-state index contributed by atoms with van der Waals surface area (Å²) in [6, 6.07) is 0. The molecule has 0 aliphatic heterocycles. The Morgan fingerprint density at radius 2 is 1.24 bits per heavy atom. The zero-order valence-corrected chi connectivity index (χ0v) is 12.9. The van der Waals surface area contributed by atoms with Crippen molar-refractivity contribution < 1.29 is 0 Å². The summed E-state index contributed by atoms with van der Waals surface area (Å²) in [5, 5.41) is 0. The monoisotopic (exact) mass is 238 g/mol. The fraction of sp³-hybridized carbons (Fsp3) is 1.00. The molecule has 0 heterocycles. The normalized spacial score (nSPS) is 28.4. The Labute approximate surface area is 110 Å². The SMILES string of the molecule is CC1(C)CCCCCC(C(C)(C)C)CCCC1. The molecule has 1 fully saturated rings. The molecule has 0 bridgehead atoms. The maximum Gasteiger partial charge on any atom is -0.0354 e. The molecule has 0 nitrogen and oxygen atoms in total. The zero-order chi connectivity index (χ0) is 12.9. The van der Waals surface area contributed by atoms with Gasteiger partial charge in [0.15, 0.2) is 0 Å². The van der Waals surface area contributed by atoms with Crippen LogP contribution in [0.25, 0.3) is 0 Å². The van der Waals surface area contributed by atoms with Crippen LogP contribution in [0.1, 0.15) is 92.4 Å². The number of hydrogen-bond donors (Lipinski definition) is 0. The van der Waals surface area contributed by atoms with E-state index in [1.807, 2.05) is 0 Å². The molecular formula is C17H34. The molecule has 1 unspecified atom stereocenters. The lowest BCUT2D eigenvalue weighted by Crippen LogP contribution is -2.20. The van der Waals surface area contributed by atoms with Gasteiger partial charge >= 0.3 is 0 Å². The zero-order valence-electron chi connectivity index (χ0n) is 12.9. The highest BCUT2D eigenvalue weighted by atomic mass is 14.3. The van der Waals surface area contributed by atoms with Crippen molar-refractivity contribution in [2.24, 2.45) is 16.7 Å². The summed E-state index contributed by atoms with van der Waals surface area (Å²) >= 11 is 0. The third-order valence-electron chi connectivity index (χ3n) is 4.79. The fourth-order valence-corrected chi connectivity index (χ4v) is 3.30. The van der Waals surface area contributed by atoms with E-state index in [9.17, 15) is 0 Å². The molecule has 0 aromatic heterocycles. The third-order valence-corrected chi connectivity index (χ3v) is 4.79. The molecule has 0 aromatic carbocycles. The molecule has 102 valence electrons. The first-order valence-electron chi connectivity index (χ1n) is 7.81. The second-order valence-electron chi connectivity index (χ2n) is 8.07. The minimum Gasteiger partial charge on any atom is -0.0599 e. The average Bonchev–Trinajstić information content (AvgIpc) is 2.21. The Balaban J connectivity index is 2.50. The first-order valence-corrected chi connectivity index (χ1v) is 7.81. The molecule has 0 heteroatoms. The van der Waals surface area contributed by atoms with E-state index in [-0.39, 0.29) is 0 Å². The summed E-state index contributed by atoms with van der Waals surface area (Å²) in [5.74, 6) is 0.948. The molecular weight excluding hydrogens is 204 g/mol. The Morgan fingerprint density at radius 1 is 0.765 bits per heavy atom. The smallest absolute Gasteiger partial charge is 0.0354 e. The van der Waals surface area contributed by atoms with Crippen molar-refractivity contribution in [3.05, 3.63) is 0 Å². The highest BCUT2D eigenvalue weighted by Gasteiger charge is 2.25. The van der Waals surface area contributed by atoms with E-state index in [1.165, 1.54) is 57.8 Å². The van der Waals surface area contributed by atoms with Crippen LogP contribution in [0.3, 0.4) is 0 Å². The topological polar surface area (TPSA) is 0 Å². The molecule has 0 N–H and O–H groups in total. The summed E-state index contributed by atoms with van der Waals surface area (Å²) in [4.78, 5) is 0. The molecule has 0 radical (unpaired) electrons. The summed E-state index contributed by atoms with van der Waals surface area (Å²) in [5.41, 5.74) is 1.12. The second-order valence-corrected chi connectivity index (χ2v) is 8.07. The largest absolute Gasteiger partial charge is 0.0599 e. The average molecular weight is 238 g/mol. The van der Waals surface area contributed by atoms with Crippen molar-refractivity contribution in [2.45, 2.75) is 92.4 Å². The molecule has 1 saturated carbocycles. The highest BCUT2D eigenvalue weighted by molar-refractivity contribution is 4.76. The van der Waals surface area contributed by atoms with Gasteiger partial charge in [0.25, 0.3) is 0 Å². The van der Waals surface area contributed by atoms with Crippen LogP contribution in [0.15, 0.2) is 0 Å². The first-order chi connectivity index (χ1) is 7.81. The van der Waals surface area contributed by atoms with Gasteiger partial charge in [0.2, 0.25) is 0 Å². The van der Waals surface area contributed by atoms with Crippen LogP contribution < -0.4 is 0 Å². The lowest BCUT2D eigenvalue weighted by atomic mass is 9.75. The maximum atomic E-state index is 2.46. The van der Waals surface area contributed by atoms with Crippen molar-refractivity contribution in [3.8, 4) is 0 Å². The van der Waals surface area contributed by atoms with Crippen LogP contribution in [0, 0.1) is 16.7 Å². The van der Waals surface area contributed by atoms with Gasteiger partial charge in [0.05, 0.1) is 0 Å². The van der Waals surface area contributed by atoms with E-state index in [4.69, 9.17) is 0 Å². The lowest BCUT2D eigenvalue weighted by molar-refractivity contribution is 0.201. The molecule has 0 aromatic rings. The van der Waals surface area contributed by atoms with Crippen molar-refractivity contribution in [2.75, 3.05) is 0 Å². The predicted octanol–water partition coefficient (Wildman–Crippen LogP) is 6.20. The van der Waals surface area contributed by atoms with Crippen molar-refractivity contribution in [1.29, 1.82) is 0 Å². The van der Waals surface area contributed by atoms with Crippen LogP contribution in [0.5, 0.6) is 0 Å². The minimum atomic E-state index is 0.517. The molecule has 1 aliphatic rings. The van der Waals surface area contributed by atoms with E-state index >= 15 is 0 Å². The maximum absolute atomic E-state index is 2.46. The molecule has 1 aliphatic carbocycles. The van der Waals surface area contributed by atoms with Crippen LogP contribution >= 0.6 is 0 Å². The van der Waals surface area contributed by atoms with Gasteiger partial charge in [-0.25, -0.2) is 0 Å². The van der Waals surface area contributed by atoms with E-state index in [1.54, 1.807) is 0 Å². The van der Waals surface area contributed by atoms with Gasteiger partial charge < -0.3 is 0 Å². The Hall–Kier alpha value is 0. The van der Waals surface area contributed by atoms with Crippen LogP contribution in [0.4, 0.5) is 0 Å². The predicted molar refractivity (Wildman–Crippen MR) is 78.3 cm³/mol. The lowest BCUT2D eigenvalue weighted by Gasteiger charge is -2.31. The van der Waals surface area contributed by atoms with Crippen LogP contribution in [-0.2, 0) is 0 Å². The summed E-state index contributed by atoms with van der Waals surface area (Å²) < 4.78 is 0. The van der Waals surface area contributed by atoms with Gasteiger partial charge in [0, 0.05) is 0 Å². The van der Waals surface area contributed by atoms with E-state index in [0.717, 1.165) is 5.92 Å². The molecule has 0 amide bonds. The Morgan fingerprint density at radius 3 is 1.76 bits per heavy atom. The second kappa shape index (κ2) is 6.25. The quantitative estimate of drug-likeness (QED) is 0.471. The Bertz CT molecular complexity index is 207. The first kappa shape index (κ1) is 15.1. The minimum absolute atomic E-state index is 0.517. The van der Waals surface area contributed by atoms with Gasteiger partial charge in [-0.1, -0.05) is 66.7 Å². The standard InChI is InChI=1S/C17H34/c1-16(2,3)15-11-7-6-9-13-17(4,5)14-10-8-12-15/h15H,6-14H2,1-5H3. The molecule has 1 rings (SSSR count). The van der Waals surface area contributed by atoms with Gasteiger partial charge in [-0.3, -0.25) is 0 Å². The summed E-state index contributed by atoms with van der Waals surface area (Å²) in [6.07, 6.45) is 13.0. The molecule has 1 atom stereocenters. The third kappa shape index (κ3) is 5.93. The van der Waals surface area contributed by atoms with Crippen LogP contribution in [-0.4, -0.2) is 0 Å². The number of hydrogen-bond acceptors (Lipinski definition) is 0. The van der Waals surface area contributed by atoms with Gasteiger partial charge in [-0.15, -0.1) is 0 Å². The van der Waals surface area contributed by atoms with Crippen LogP contribution in [0.2, 0.25) is 0 Å². The van der Waals surface area contributed by atoms with Gasteiger partial charge in [-0.2, -0.15) is 0 Å². The van der Waals surface area contributed by atoms with E-state index in [0.29, 0.717) is 10.8 Å². The van der Waals surface area contributed by atoms with E-state index in [2.05, 4.69) is 34.6 Å². The summed E-state index contributed by atoms with van der Waals surface area (Å²) in [6.45, 7) is 12.2. The van der Waals surface area contributed by atoms with Gasteiger partial charge in [0.1, 0.15) is 0 Å². The van der Waals surface area contributed by atoms with Crippen molar-refractivity contribution in [1.82, 2.24) is 0 Å². The molecule has 17 heavy (non-hydrogen) atoms. The molecule has 0 saturated heterocycles. The van der Waals surface area contributed by atoms with Crippen molar-refractivity contribution in [3.63, 3.8) is 0 Å². The van der Waals surface area contributed by atoms with Gasteiger partial charge in [-0.05, 0) is 42.4 Å². The van der Waals surface area contributed by atoms with Crippen molar-refractivity contribution >= 4 is 0 Å². The number of rotatable bonds is 0. The Kier molecular flexibility index (Phi) is 5.54. The highest BCUT2D eigenvalue weighted by Crippen LogP contribution is 2.37.